The molecule has 1 saturated heterocycles. The molecule has 1 aromatic rings. The van der Waals surface area contributed by atoms with Crippen LogP contribution >= 0.6 is 0 Å². The number of nitrogens with zero attached hydrogens (tertiary/aromatic N) is 3. The quantitative estimate of drug-likeness (QED) is 0.627. The summed E-state index contributed by atoms with van der Waals surface area (Å²) in [5, 5.41) is 23.4. The molecule has 0 spiro atoms. The molecule has 0 amide bonds. The van der Waals surface area contributed by atoms with E-state index in [1.54, 1.807) is 12.1 Å². The summed E-state index contributed by atoms with van der Waals surface area (Å²) in [5.74, 6) is 0. The van der Waals surface area contributed by atoms with Gasteiger partial charge in [-0.3, -0.25) is 10.1 Å². The second-order valence-electron chi connectivity index (χ2n) is 4.34. The van der Waals surface area contributed by atoms with Crippen molar-refractivity contribution >= 4 is 11.4 Å². The van der Waals surface area contributed by atoms with Crippen molar-refractivity contribution in [3.8, 4) is 6.07 Å². The van der Waals surface area contributed by atoms with Gasteiger partial charge >= 0.3 is 5.69 Å². The van der Waals surface area contributed by atoms with Gasteiger partial charge in [0.05, 0.1) is 4.92 Å². The summed E-state index contributed by atoms with van der Waals surface area (Å²) < 4.78 is 0. The van der Waals surface area contributed by atoms with Crippen molar-refractivity contribution in [1.29, 1.82) is 5.26 Å². The smallest absolute Gasteiger partial charge is 0.310 e. The second-order valence-corrected chi connectivity index (χ2v) is 4.34. The lowest BCUT2D eigenvalue weighted by molar-refractivity contribution is -0.384. The molecule has 0 saturated carbocycles. The SMILES string of the molecule is C[C@@H]1CN(c2cccc(C#N)c2[N+](=O)[O-])CCN1. The number of benzene rings is 1. The average Bonchev–Trinajstić information content (AvgIpc) is 2.37. The Bertz CT molecular complexity index is 509. The summed E-state index contributed by atoms with van der Waals surface area (Å²) >= 11 is 0. The fraction of sp³-hybridized carbons (Fsp3) is 0.417. The summed E-state index contributed by atoms with van der Waals surface area (Å²) in [4.78, 5) is 12.6. The number of hydrogen-bond acceptors (Lipinski definition) is 5. The molecule has 1 heterocycles. The van der Waals surface area contributed by atoms with Crippen LogP contribution in [-0.4, -0.2) is 30.6 Å². The Labute approximate surface area is 105 Å². The van der Waals surface area contributed by atoms with Crippen LogP contribution in [0.4, 0.5) is 11.4 Å². The Morgan fingerprint density at radius 3 is 3.00 bits per heavy atom. The lowest BCUT2D eigenvalue weighted by atomic mass is 10.1. The Morgan fingerprint density at radius 1 is 1.61 bits per heavy atom. The maximum Gasteiger partial charge on any atom is 0.310 e. The number of nitro benzene ring substituents is 1. The van der Waals surface area contributed by atoms with E-state index in [0.717, 1.165) is 6.54 Å². The van der Waals surface area contributed by atoms with E-state index in [2.05, 4.69) is 5.32 Å². The van der Waals surface area contributed by atoms with Crippen LogP contribution in [-0.2, 0) is 0 Å². The molecule has 6 nitrogen and oxygen atoms in total. The molecule has 2 rings (SSSR count). The summed E-state index contributed by atoms with van der Waals surface area (Å²) in [7, 11) is 0. The van der Waals surface area contributed by atoms with Gasteiger partial charge in [-0.15, -0.1) is 0 Å². The van der Waals surface area contributed by atoms with Crippen molar-refractivity contribution in [3.05, 3.63) is 33.9 Å². The van der Waals surface area contributed by atoms with E-state index in [-0.39, 0.29) is 17.3 Å². The highest BCUT2D eigenvalue weighted by Crippen LogP contribution is 2.31. The van der Waals surface area contributed by atoms with E-state index in [4.69, 9.17) is 5.26 Å². The summed E-state index contributed by atoms with van der Waals surface area (Å²) in [6.45, 7) is 4.23. The molecule has 0 unspecified atom stereocenters. The molecular formula is C12H14N4O2. The van der Waals surface area contributed by atoms with Gasteiger partial charge in [0.2, 0.25) is 0 Å². The maximum atomic E-state index is 11.1. The minimum atomic E-state index is -0.472. The fourth-order valence-electron chi connectivity index (χ4n) is 2.22. The topological polar surface area (TPSA) is 82.2 Å². The van der Waals surface area contributed by atoms with Crippen LogP contribution in [0, 0.1) is 21.4 Å². The Morgan fingerprint density at radius 2 is 2.39 bits per heavy atom. The van der Waals surface area contributed by atoms with E-state index in [0.29, 0.717) is 18.8 Å². The van der Waals surface area contributed by atoms with Crippen LogP contribution in [0.5, 0.6) is 0 Å². The number of nitro groups is 1. The first-order valence-electron chi connectivity index (χ1n) is 5.79. The van der Waals surface area contributed by atoms with Crippen LogP contribution < -0.4 is 10.2 Å². The lowest BCUT2D eigenvalue weighted by Gasteiger charge is -2.33. The van der Waals surface area contributed by atoms with Crippen molar-refractivity contribution < 1.29 is 4.92 Å². The van der Waals surface area contributed by atoms with E-state index >= 15 is 0 Å². The van der Waals surface area contributed by atoms with Crippen LogP contribution in [0.1, 0.15) is 12.5 Å². The Hall–Kier alpha value is -2.13. The molecule has 1 aromatic carbocycles. The standard InChI is InChI=1S/C12H14N4O2/c1-9-8-15(6-5-14-9)11-4-2-3-10(7-13)12(11)16(17)18/h2-4,9,14H,5-6,8H2,1H3/t9-/m1/s1. The lowest BCUT2D eigenvalue weighted by Crippen LogP contribution is -2.49. The number of nitrogens with one attached hydrogen (secondary N) is 1. The van der Waals surface area contributed by atoms with Gasteiger partial charge in [-0.25, -0.2) is 0 Å². The van der Waals surface area contributed by atoms with E-state index in [9.17, 15) is 10.1 Å². The Balaban J connectivity index is 2.44. The molecule has 1 aliphatic heterocycles. The molecule has 0 aliphatic carbocycles. The van der Waals surface area contributed by atoms with Gasteiger partial charge in [0.15, 0.2) is 0 Å². The van der Waals surface area contributed by atoms with Gasteiger partial charge in [-0.05, 0) is 19.1 Å². The zero-order valence-electron chi connectivity index (χ0n) is 10.1. The number of rotatable bonds is 2. The molecule has 1 aliphatic rings. The summed E-state index contributed by atoms with van der Waals surface area (Å²) in [6.07, 6.45) is 0. The van der Waals surface area contributed by atoms with E-state index in [1.165, 1.54) is 6.07 Å². The van der Waals surface area contributed by atoms with Gasteiger partial charge in [0, 0.05) is 25.7 Å². The van der Waals surface area contributed by atoms with Gasteiger partial charge in [-0.1, -0.05) is 6.07 Å². The van der Waals surface area contributed by atoms with Crippen molar-refractivity contribution in [3.63, 3.8) is 0 Å². The number of hydrogen-bond donors (Lipinski definition) is 1. The molecular weight excluding hydrogens is 232 g/mol. The largest absolute Gasteiger partial charge is 0.363 e. The number of piperazine rings is 1. The van der Waals surface area contributed by atoms with E-state index in [1.807, 2.05) is 17.9 Å². The minimum absolute atomic E-state index is 0.0888. The average molecular weight is 246 g/mol. The number of nitriles is 1. The van der Waals surface area contributed by atoms with Crippen LogP contribution in [0.15, 0.2) is 18.2 Å². The first kappa shape index (κ1) is 12.3. The predicted molar refractivity (Wildman–Crippen MR) is 67.5 cm³/mol. The first-order chi connectivity index (χ1) is 8.63. The Kier molecular flexibility index (Phi) is 3.44. The van der Waals surface area contributed by atoms with Crippen LogP contribution in [0.2, 0.25) is 0 Å². The summed E-state index contributed by atoms with van der Waals surface area (Å²) in [6, 6.07) is 7.04. The molecule has 0 aromatic heterocycles. The van der Waals surface area contributed by atoms with Gasteiger partial charge in [0.1, 0.15) is 17.3 Å². The van der Waals surface area contributed by atoms with Gasteiger partial charge < -0.3 is 10.2 Å². The zero-order valence-corrected chi connectivity index (χ0v) is 10.1. The van der Waals surface area contributed by atoms with Crippen molar-refractivity contribution in [2.24, 2.45) is 0 Å². The highest BCUT2D eigenvalue weighted by molar-refractivity contribution is 5.70. The third-order valence-corrected chi connectivity index (χ3v) is 3.03. The van der Waals surface area contributed by atoms with Gasteiger partial charge in [0.25, 0.3) is 0 Å². The number of para-hydroxylation sites is 1. The third kappa shape index (κ3) is 2.26. The van der Waals surface area contributed by atoms with E-state index < -0.39 is 4.92 Å². The molecule has 6 heteroatoms. The molecule has 94 valence electrons. The molecule has 1 fully saturated rings. The van der Waals surface area contributed by atoms with Crippen LogP contribution in [0.25, 0.3) is 0 Å². The highest BCUT2D eigenvalue weighted by Gasteiger charge is 2.26. The molecule has 0 radical (unpaired) electrons. The van der Waals surface area contributed by atoms with Crippen LogP contribution in [0.3, 0.4) is 0 Å². The third-order valence-electron chi connectivity index (χ3n) is 3.03. The normalized spacial score (nSPS) is 19.3. The molecule has 18 heavy (non-hydrogen) atoms. The molecule has 1 atom stereocenters. The first-order valence-corrected chi connectivity index (χ1v) is 5.79. The van der Waals surface area contributed by atoms with Gasteiger partial charge in [-0.2, -0.15) is 5.26 Å². The van der Waals surface area contributed by atoms with Crippen molar-refractivity contribution in [1.82, 2.24) is 5.32 Å². The van der Waals surface area contributed by atoms with Crippen molar-refractivity contribution in [2.75, 3.05) is 24.5 Å². The zero-order chi connectivity index (χ0) is 13.1. The molecule has 0 bridgehead atoms. The highest BCUT2D eigenvalue weighted by atomic mass is 16.6. The number of anilines is 1. The predicted octanol–water partition coefficient (Wildman–Crippen LogP) is 1.26. The molecule has 1 N–H and O–H groups in total. The maximum absolute atomic E-state index is 11.1. The second kappa shape index (κ2) is 5.02. The fourth-order valence-corrected chi connectivity index (χ4v) is 2.22. The monoisotopic (exact) mass is 246 g/mol. The summed E-state index contributed by atoms with van der Waals surface area (Å²) in [5.41, 5.74) is 0.560. The minimum Gasteiger partial charge on any atom is -0.363 e. The van der Waals surface area contributed by atoms with Crippen molar-refractivity contribution in [2.45, 2.75) is 13.0 Å².